The first-order chi connectivity index (χ1) is 9.69. The fourth-order valence-electron chi connectivity index (χ4n) is 2.50. The van der Waals surface area contributed by atoms with Crippen LogP contribution in [0.25, 0.3) is 0 Å². The molecule has 5 nitrogen and oxygen atoms in total. The molecule has 112 valence electrons. The number of rotatable bonds is 6. The number of hydrogen-bond acceptors (Lipinski definition) is 5. The molecule has 1 saturated heterocycles. The van der Waals surface area contributed by atoms with Crippen molar-refractivity contribution in [1.29, 1.82) is 0 Å². The van der Waals surface area contributed by atoms with Gasteiger partial charge in [0.1, 0.15) is 12.1 Å². The second kappa shape index (κ2) is 7.43. The Bertz CT molecular complexity index is 403. The highest BCUT2D eigenvalue weighted by molar-refractivity contribution is 5.41. The summed E-state index contributed by atoms with van der Waals surface area (Å²) in [4.78, 5) is 10.8. The van der Waals surface area contributed by atoms with E-state index in [4.69, 9.17) is 4.74 Å². The van der Waals surface area contributed by atoms with Gasteiger partial charge in [-0.05, 0) is 32.2 Å². The molecule has 1 N–H and O–H groups in total. The monoisotopic (exact) mass is 278 g/mol. The maximum Gasteiger partial charge on any atom is 0.218 e. The van der Waals surface area contributed by atoms with Crippen molar-refractivity contribution in [2.45, 2.75) is 39.7 Å². The minimum absolute atomic E-state index is 0.573. The fraction of sp³-hybridized carbons (Fsp3) is 0.733. The van der Waals surface area contributed by atoms with Crippen molar-refractivity contribution in [3.05, 3.63) is 12.4 Å². The van der Waals surface area contributed by atoms with Crippen molar-refractivity contribution < 1.29 is 4.74 Å². The van der Waals surface area contributed by atoms with Gasteiger partial charge in [0, 0.05) is 25.2 Å². The van der Waals surface area contributed by atoms with Crippen LogP contribution in [0.2, 0.25) is 0 Å². The predicted octanol–water partition coefficient (Wildman–Crippen LogP) is 2.09. The first-order valence-electron chi connectivity index (χ1n) is 7.62. The second-order valence-corrected chi connectivity index (χ2v) is 5.64. The van der Waals surface area contributed by atoms with Crippen LogP contribution in [0.1, 0.15) is 33.6 Å². The normalized spacial score (nSPS) is 16.7. The summed E-state index contributed by atoms with van der Waals surface area (Å²) in [6.45, 7) is 10.3. The first-order valence-corrected chi connectivity index (χ1v) is 7.62. The largest absolute Gasteiger partial charge is 0.478 e. The van der Waals surface area contributed by atoms with Gasteiger partial charge < -0.3 is 15.0 Å². The van der Waals surface area contributed by atoms with Gasteiger partial charge in [0.2, 0.25) is 5.88 Å². The molecule has 20 heavy (non-hydrogen) atoms. The maximum atomic E-state index is 5.44. The number of nitrogens with zero attached hydrogens (tertiary/aromatic N) is 3. The Morgan fingerprint density at radius 1 is 1.35 bits per heavy atom. The van der Waals surface area contributed by atoms with Crippen LogP contribution >= 0.6 is 0 Å². The standard InChI is InChI=1S/C15H26N4O/c1-4-20-15-9-14(17-11-18-15)19-7-5-13(6-8-19)10-16-12(2)3/h9,11-13,16H,4-8,10H2,1-3H3. The third-order valence-electron chi connectivity index (χ3n) is 3.67. The molecule has 5 heteroatoms. The van der Waals surface area contributed by atoms with Gasteiger partial charge in [0.05, 0.1) is 6.61 Å². The van der Waals surface area contributed by atoms with Crippen molar-refractivity contribution in [2.24, 2.45) is 5.92 Å². The lowest BCUT2D eigenvalue weighted by Gasteiger charge is -2.33. The van der Waals surface area contributed by atoms with Crippen LogP contribution in [0.4, 0.5) is 5.82 Å². The molecular formula is C15H26N4O. The van der Waals surface area contributed by atoms with E-state index in [0.29, 0.717) is 18.5 Å². The van der Waals surface area contributed by atoms with Crippen LogP contribution in [0.3, 0.4) is 0 Å². The number of aromatic nitrogens is 2. The number of piperidine rings is 1. The molecular weight excluding hydrogens is 252 g/mol. The van der Waals surface area contributed by atoms with Crippen molar-refractivity contribution in [3.8, 4) is 5.88 Å². The number of ether oxygens (including phenoxy) is 1. The highest BCUT2D eigenvalue weighted by Gasteiger charge is 2.20. The SMILES string of the molecule is CCOc1cc(N2CCC(CNC(C)C)CC2)ncn1. The van der Waals surface area contributed by atoms with Gasteiger partial charge in [-0.15, -0.1) is 0 Å². The van der Waals surface area contributed by atoms with Crippen LogP contribution < -0.4 is 15.0 Å². The van der Waals surface area contributed by atoms with Gasteiger partial charge in [-0.3, -0.25) is 0 Å². The van der Waals surface area contributed by atoms with Gasteiger partial charge >= 0.3 is 0 Å². The smallest absolute Gasteiger partial charge is 0.218 e. The Kier molecular flexibility index (Phi) is 5.59. The quantitative estimate of drug-likeness (QED) is 0.863. The molecule has 1 aromatic heterocycles. The van der Waals surface area contributed by atoms with Crippen LogP contribution in [0, 0.1) is 5.92 Å². The predicted molar refractivity (Wildman–Crippen MR) is 81.3 cm³/mol. The molecule has 2 heterocycles. The lowest BCUT2D eigenvalue weighted by molar-refractivity contribution is 0.325. The molecule has 0 atom stereocenters. The van der Waals surface area contributed by atoms with Gasteiger partial charge in [-0.25, -0.2) is 9.97 Å². The molecule has 1 aromatic rings. The average Bonchev–Trinajstić information content (AvgIpc) is 2.46. The zero-order chi connectivity index (χ0) is 14.4. The summed E-state index contributed by atoms with van der Waals surface area (Å²) in [5, 5.41) is 3.53. The summed E-state index contributed by atoms with van der Waals surface area (Å²) in [5.41, 5.74) is 0. The van der Waals surface area contributed by atoms with Crippen molar-refractivity contribution in [3.63, 3.8) is 0 Å². The lowest BCUT2D eigenvalue weighted by atomic mass is 9.96. The van der Waals surface area contributed by atoms with E-state index in [-0.39, 0.29) is 0 Å². The van der Waals surface area contributed by atoms with Crippen LogP contribution in [0.5, 0.6) is 5.88 Å². The molecule has 1 fully saturated rings. The minimum Gasteiger partial charge on any atom is -0.478 e. The van der Waals surface area contributed by atoms with Crippen molar-refractivity contribution in [2.75, 3.05) is 31.1 Å². The van der Waals surface area contributed by atoms with E-state index in [1.807, 2.05) is 13.0 Å². The van der Waals surface area contributed by atoms with Crippen molar-refractivity contribution >= 4 is 5.82 Å². The summed E-state index contributed by atoms with van der Waals surface area (Å²) < 4.78 is 5.44. The van der Waals surface area contributed by atoms with E-state index in [0.717, 1.165) is 31.4 Å². The van der Waals surface area contributed by atoms with E-state index in [2.05, 4.69) is 34.0 Å². The molecule has 1 aliphatic heterocycles. The molecule has 0 aromatic carbocycles. The molecule has 0 amide bonds. The minimum atomic E-state index is 0.573. The highest BCUT2D eigenvalue weighted by atomic mass is 16.5. The Morgan fingerprint density at radius 2 is 2.10 bits per heavy atom. The van der Waals surface area contributed by atoms with Crippen LogP contribution in [-0.4, -0.2) is 42.3 Å². The Hall–Kier alpha value is -1.36. The average molecular weight is 278 g/mol. The number of hydrogen-bond donors (Lipinski definition) is 1. The Morgan fingerprint density at radius 3 is 2.75 bits per heavy atom. The topological polar surface area (TPSA) is 50.3 Å². The van der Waals surface area contributed by atoms with Crippen LogP contribution in [0.15, 0.2) is 12.4 Å². The van der Waals surface area contributed by atoms with Crippen molar-refractivity contribution in [1.82, 2.24) is 15.3 Å². The van der Waals surface area contributed by atoms with E-state index in [9.17, 15) is 0 Å². The molecule has 0 radical (unpaired) electrons. The zero-order valence-corrected chi connectivity index (χ0v) is 12.8. The zero-order valence-electron chi connectivity index (χ0n) is 12.8. The number of nitrogens with one attached hydrogen (secondary N) is 1. The second-order valence-electron chi connectivity index (χ2n) is 5.64. The number of anilines is 1. The summed E-state index contributed by atoms with van der Waals surface area (Å²) in [6, 6.07) is 2.51. The summed E-state index contributed by atoms with van der Waals surface area (Å²) in [7, 11) is 0. The lowest BCUT2D eigenvalue weighted by Crippen LogP contribution is -2.39. The van der Waals surface area contributed by atoms with Gasteiger partial charge in [0.15, 0.2) is 0 Å². The molecule has 2 rings (SSSR count). The molecule has 1 aliphatic rings. The molecule has 0 spiro atoms. The highest BCUT2D eigenvalue weighted by Crippen LogP contribution is 2.23. The molecule has 0 aliphatic carbocycles. The Labute approximate surface area is 121 Å². The third-order valence-corrected chi connectivity index (χ3v) is 3.67. The van der Waals surface area contributed by atoms with Gasteiger partial charge in [0.25, 0.3) is 0 Å². The summed E-state index contributed by atoms with van der Waals surface area (Å²) in [5.74, 6) is 2.43. The van der Waals surface area contributed by atoms with E-state index in [1.165, 1.54) is 12.8 Å². The van der Waals surface area contributed by atoms with E-state index < -0.39 is 0 Å². The maximum absolute atomic E-state index is 5.44. The van der Waals surface area contributed by atoms with E-state index in [1.54, 1.807) is 6.33 Å². The summed E-state index contributed by atoms with van der Waals surface area (Å²) in [6.07, 6.45) is 4.02. The fourth-order valence-corrected chi connectivity index (χ4v) is 2.50. The molecule has 0 unspecified atom stereocenters. The Balaban J connectivity index is 1.85. The first kappa shape index (κ1) is 15.0. The third kappa shape index (κ3) is 4.34. The summed E-state index contributed by atoms with van der Waals surface area (Å²) >= 11 is 0. The molecule has 0 bridgehead atoms. The molecule has 0 saturated carbocycles. The van der Waals surface area contributed by atoms with E-state index >= 15 is 0 Å². The van der Waals surface area contributed by atoms with Crippen LogP contribution in [-0.2, 0) is 0 Å². The van der Waals surface area contributed by atoms with Gasteiger partial charge in [-0.2, -0.15) is 0 Å². The van der Waals surface area contributed by atoms with Gasteiger partial charge in [-0.1, -0.05) is 13.8 Å².